The van der Waals surface area contributed by atoms with Gasteiger partial charge in [0.05, 0.1) is 11.2 Å². The summed E-state index contributed by atoms with van der Waals surface area (Å²) >= 11 is 6.38. The molecule has 1 aromatic carbocycles. The molecule has 1 amide bonds. The molecule has 136 valence electrons. The quantitative estimate of drug-likeness (QED) is 0.620. The van der Waals surface area contributed by atoms with Gasteiger partial charge in [-0.2, -0.15) is 5.10 Å². The number of rotatable bonds is 5. The zero-order chi connectivity index (χ0) is 18.6. The van der Waals surface area contributed by atoms with E-state index < -0.39 is 11.7 Å². The lowest BCUT2D eigenvalue weighted by Crippen LogP contribution is -2.33. The topological polar surface area (TPSA) is 82.2 Å². The van der Waals surface area contributed by atoms with Crippen molar-refractivity contribution in [3.8, 4) is 11.1 Å². The number of nitrogens with one attached hydrogen (secondary N) is 1. The highest BCUT2D eigenvalue weighted by atomic mass is 35.5. The van der Waals surface area contributed by atoms with Crippen molar-refractivity contribution in [2.45, 2.75) is 46.3 Å². The smallest absolute Gasteiger partial charge is 0.407 e. The Labute approximate surface area is 153 Å². The number of aryl methyl sites for hydroxylation is 1. The Morgan fingerprint density at radius 3 is 2.80 bits per heavy atom. The first kappa shape index (κ1) is 19.1. The summed E-state index contributed by atoms with van der Waals surface area (Å²) in [5.41, 5.74) is 8.77. The Balaban J connectivity index is 1.88. The van der Waals surface area contributed by atoms with E-state index in [1.807, 2.05) is 50.7 Å². The summed E-state index contributed by atoms with van der Waals surface area (Å²) in [4.78, 5) is 11.6. The van der Waals surface area contributed by atoms with Crippen LogP contribution < -0.4 is 11.1 Å². The minimum atomic E-state index is -0.489. The van der Waals surface area contributed by atoms with Gasteiger partial charge in [-0.1, -0.05) is 17.7 Å². The Kier molecular flexibility index (Phi) is 5.95. The number of nitrogen functional groups attached to an aromatic ring is 1. The second-order valence-corrected chi connectivity index (χ2v) is 7.29. The lowest BCUT2D eigenvalue weighted by molar-refractivity contribution is 0.0526. The predicted octanol–water partition coefficient (Wildman–Crippen LogP) is 4.01. The second-order valence-electron chi connectivity index (χ2n) is 6.92. The van der Waals surface area contributed by atoms with Crippen LogP contribution in [0.5, 0.6) is 0 Å². The molecule has 6 nitrogen and oxygen atoms in total. The van der Waals surface area contributed by atoms with Gasteiger partial charge in [-0.25, -0.2) is 4.79 Å². The zero-order valence-electron chi connectivity index (χ0n) is 15.1. The van der Waals surface area contributed by atoms with Gasteiger partial charge in [-0.05, 0) is 45.7 Å². The van der Waals surface area contributed by atoms with Gasteiger partial charge in [0.2, 0.25) is 0 Å². The molecule has 0 aliphatic heterocycles. The molecule has 7 heteroatoms. The molecule has 0 saturated heterocycles. The van der Waals surface area contributed by atoms with Crippen LogP contribution in [0.25, 0.3) is 11.1 Å². The van der Waals surface area contributed by atoms with Gasteiger partial charge < -0.3 is 15.8 Å². The van der Waals surface area contributed by atoms with Gasteiger partial charge in [0.15, 0.2) is 0 Å². The molecular formula is C18H25ClN4O2. The van der Waals surface area contributed by atoms with Crippen molar-refractivity contribution < 1.29 is 9.53 Å². The number of nitrogens with zero attached hydrogens (tertiary/aromatic N) is 2. The third-order valence-electron chi connectivity index (χ3n) is 3.60. The number of alkyl carbamates (subject to hydrolysis) is 1. The van der Waals surface area contributed by atoms with Gasteiger partial charge >= 0.3 is 6.09 Å². The largest absolute Gasteiger partial charge is 0.444 e. The summed E-state index contributed by atoms with van der Waals surface area (Å²) in [5, 5.41) is 7.72. The van der Waals surface area contributed by atoms with E-state index in [9.17, 15) is 4.79 Å². The molecule has 0 bridgehead atoms. The normalized spacial score (nSPS) is 11.4. The highest BCUT2D eigenvalue weighted by Gasteiger charge is 2.15. The molecule has 0 aliphatic carbocycles. The average Bonchev–Trinajstić information content (AvgIpc) is 2.96. The third-order valence-corrected chi connectivity index (χ3v) is 4.09. The van der Waals surface area contributed by atoms with Crippen molar-refractivity contribution in [3.05, 3.63) is 35.1 Å². The van der Waals surface area contributed by atoms with E-state index in [2.05, 4.69) is 10.4 Å². The van der Waals surface area contributed by atoms with Gasteiger partial charge in [0.1, 0.15) is 5.60 Å². The van der Waals surface area contributed by atoms with Crippen molar-refractivity contribution in [1.29, 1.82) is 0 Å². The van der Waals surface area contributed by atoms with Crippen molar-refractivity contribution in [1.82, 2.24) is 15.1 Å². The maximum atomic E-state index is 11.6. The van der Waals surface area contributed by atoms with E-state index >= 15 is 0 Å². The van der Waals surface area contributed by atoms with Crippen molar-refractivity contribution in [3.63, 3.8) is 0 Å². The number of carbonyl (C=O) groups excluding carboxylic acids is 1. The highest BCUT2D eigenvalue weighted by Crippen LogP contribution is 2.33. The summed E-state index contributed by atoms with van der Waals surface area (Å²) in [6, 6.07) is 3.74. The fourth-order valence-corrected chi connectivity index (χ4v) is 2.57. The van der Waals surface area contributed by atoms with Crippen molar-refractivity contribution in [2.24, 2.45) is 0 Å². The minimum absolute atomic E-state index is 0.405. The molecule has 2 rings (SSSR count). The summed E-state index contributed by atoms with van der Waals surface area (Å²) in [6.07, 6.45) is 4.05. The van der Waals surface area contributed by atoms with Crippen LogP contribution in [0.15, 0.2) is 24.5 Å². The summed E-state index contributed by atoms with van der Waals surface area (Å²) in [5.74, 6) is 0. The van der Waals surface area contributed by atoms with Gasteiger partial charge in [0, 0.05) is 36.1 Å². The molecule has 0 spiro atoms. The van der Waals surface area contributed by atoms with Crippen molar-refractivity contribution >= 4 is 23.4 Å². The van der Waals surface area contributed by atoms with Crippen LogP contribution in [0.2, 0.25) is 5.02 Å². The van der Waals surface area contributed by atoms with E-state index in [1.165, 1.54) is 0 Å². The Hall–Kier alpha value is -2.21. The second kappa shape index (κ2) is 7.78. The number of hydrogen-bond acceptors (Lipinski definition) is 4. The Morgan fingerprint density at radius 1 is 1.40 bits per heavy atom. The molecule has 0 saturated carbocycles. The number of ether oxygens (including phenoxy) is 1. The van der Waals surface area contributed by atoms with Crippen LogP contribution in [-0.4, -0.2) is 28.0 Å². The average molecular weight is 365 g/mol. The van der Waals surface area contributed by atoms with Crippen molar-refractivity contribution in [2.75, 3.05) is 12.3 Å². The highest BCUT2D eigenvalue weighted by molar-refractivity contribution is 6.34. The molecule has 0 unspecified atom stereocenters. The molecule has 1 aromatic heterocycles. The number of amides is 1. The van der Waals surface area contributed by atoms with Gasteiger partial charge in [-0.3, -0.25) is 4.68 Å². The lowest BCUT2D eigenvalue weighted by Gasteiger charge is -2.19. The number of carbonyl (C=O) groups is 1. The zero-order valence-corrected chi connectivity index (χ0v) is 15.9. The van der Waals surface area contributed by atoms with Crippen LogP contribution in [0.3, 0.4) is 0 Å². The van der Waals surface area contributed by atoms with E-state index in [0.29, 0.717) is 23.8 Å². The number of hydrogen-bond donors (Lipinski definition) is 2. The molecular weight excluding hydrogens is 340 g/mol. The summed E-state index contributed by atoms with van der Waals surface area (Å²) in [7, 11) is 0. The molecule has 1 heterocycles. The maximum Gasteiger partial charge on any atom is 0.407 e. The molecule has 0 radical (unpaired) electrons. The predicted molar refractivity (Wildman–Crippen MR) is 101 cm³/mol. The van der Waals surface area contributed by atoms with Crippen LogP contribution >= 0.6 is 11.6 Å². The molecule has 0 atom stereocenters. The third kappa shape index (κ3) is 5.39. The summed E-state index contributed by atoms with van der Waals surface area (Å²) < 4.78 is 7.02. The fourth-order valence-electron chi connectivity index (χ4n) is 2.29. The number of nitrogens with two attached hydrogens (primary N) is 1. The van der Waals surface area contributed by atoms with Crippen LogP contribution in [0.4, 0.5) is 10.5 Å². The standard InChI is InChI=1S/C18H25ClN4O2/c1-12-15(20)7-6-14(16(12)19)13-10-22-23(11-13)9-5-8-21-17(24)25-18(2,3)4/h6-7,10-11H,5,8-9,20H2,1-4H3,(H,21,24). The maximum absolute atomic E-state index is 11.6. The minimum Gasteiger partial charge on any atom is -0.444 e. The first-order valence-electron chi connectivity index (χ1n) is 8.21. The van der Waals surface area contributed by atoms with Gasteiger partial charge in [-0.15, -0.1) is 0 Å². The summed E-state index contributed by atoms with van der Waals surface area (Å²) in [6.45, 7) is 8.60. The molecule has 0 aliphatic rings. The molecule has 25 heavy (non-hydrogen) atoms. The number of benzene rings is 1. The SMILES string of the molecule is Cc1c(N)ccc(-c2cnn(CCCNC(=O)OC(C)(C)C)c2)c1Cl. The lowest BCUT2D eigenvalue weighted by atomic mass is 10.1. The van der Waals surface area contributed by atoms with E-state index in [4.69, 9.17) is 22.1 Å². The van der Waals surface area contributed by atoms with Gasteiger partial charge in [0.25, 0.3) is 0 Å². The number of halogens is 1. The molecule has 0 fully saturated rings. The van der Waals surface area contributed by atoms with E-state index in [-0.39, 0.29) is 0 Å². The van der Waals surface area contributed by atoms with Crippen LogP contribution in [-0.2, 0) is 11.3 Å². The Bertz CT molecular complexity index is 750. The monoisotopic (exact) mass is 364 g/mol. The molecule has 3 N–H and O–H groups in total. The number of anilines is 1. The van der Waals surface area contributed by atoms with Crippen LogP contribution in [0, 0.1) is 6.92 Å². The van der Waals surface area contributed by atoms with E-state index in [1.54, 1.807) is 6.20 Å². The number of aromatic nitrogens is 2. The first-order chi connectivity index (χ1) is 11.7. The van der Waals surface area contributed by atoms with Crippen LogP contribution in [0.1, 0.15) is 32.8 Å². The first-order valence-corrected chi connectivity index (χ1v) is 8.59. The van der Waals surface area contributed by atoms with E-state index in [0.717, 1.165) is 23.1 Å². The fraction of sp³-hybridized carbons (Fsp3) is 0.444. The Morgan fingerprint density at radius 2 is 2.12 bits per heavy atom. The molecule has 2 aromatic rings.